The van der Waals surface area contributed by atoms with Crippen molar-refractivity contribution in [3.8, 4) is 0 Å². The normalized spacial score (nSPS) is 10.5. The number of thiazole rings is 1. The molecule has 1 aromatic rings. The Morgan fingerprint density at radius 3 is 2.87 bits per heavy atom. The predicted octanol–water partition coefficient (Wildman–Crippen LogP) is 0.709. The molecule has 0 aromatic carbocycles. The van der Waals surface area contributed by atoms with Gasteiger partial charge in [0, 0.05) is 23.2 Å². The molecule has 80 valence electrons. The SMILES string of the molecule is Cc1cnc(CNC(=O)/C=C/C(=O)O)s1. The first-order valence-corrected chi connectivity index (χ1v) is 4.99. The Morgan fingerprint density at radius 1 is 1.60 bits per heavy atom. The van der Waals surface area contributed by atoms with Crippen LogP contribution in [0.5, 0.6) is 0 Å². The largest absolute Gasteiger partial charge is 0.478 e. The van der Waals surface area contributed by atoms with E-state index >= 15 is 0 Å². The fourth-order valence-electron chi connectivity index (χ4n) is 0.852. The third-order valence-electron chi connectivity index (χ3n) is 1.46. The number of nitrogens with zero attached hydrogens (tertiary/aromatic N) is 1. The molecule has 0 unspecified atom stereocenters. The maximum Gasteiger partial charge on any atom is 0.328 e. The van der Waals surface area contributed by atoms with Gasteiger partial charge in [0.2, 0.25) is 5.91 Å². The van der Waals surface area contributed by atoms with E-state index in [9.17, 15) is 9.59 Å². The van der Waals surface area contributed by atoms with Crippen molar-refractivity contribution >= 4 is 23.2 Å². The summed E-state index contributed by atoms with van der Waals surface area (Å²) in [6.07, 6.45) is 3.49. The molecule has 0 aliphatic rings. The Morgan fingerprint density at radius 2 is 2.33 bits per heavy atom. The van der Waals surface area contributed by atoms with Gasteiger partial charge >= 0.3 is 5.97 Å². The van der Waals surface area contributed by atoms with E-state index in [0.717, 1.165) is 22.0 Å². The molecule has 15 heavy (non-hydrogen) atoms. The number of carbonyl (C=O) groups excluding carboxylic acids is 1. The Bertz CT molecular complexity index is 398. The molecule has 1 rings (SSSR count). The molecule has 0 radical (unpaired) electrons. The zero-order chi connectivity index (χ0) is 11.3. The Balaban J connectivity index is 2.37. The van der Waals surface area contributed by atoms with Crippen molar-refractivity contribution in [1.82, 2.24) is 10.3 Å². The van der Waals surface area contributed by atoms with Crippen LogP contribution in [0.25, 0.3) is 0 Å². The molecule has 0 atom stereocenters. The molecule has 2 N–H and O–H groups in total. The molecule has 0 fully saturated rings. The molecular formula is C9H10N2O3S. The van der Waals surface area contributed by atoms with Crippen LogP contribution in [-0.2, 0) is 16.1 Å². The van der Waals surface area contributed by atoms with Gasteiger partial charge in [-0.3, -0.25) is 4.79 Å². The zero-order valence-electron chi connectivity index (χ0n) is 8.06. The van der Waals surface area contributed by atoms with Crippen molar-refractivity contribution in [2.75, 3.05) is 0 Å². The highest BCUT2D eigenvalue weighted by molar-refractivity contribution is 7.11. The first kappa shape index (κ1) is 11.4. The number of hydrogen-bond donors (Lipinski definition) is 2. The molecular weight excluding hydrogens is 216 g/mol. The Kier molecular flexibility index (Phi) is 3.99. The predicted molar refractivity (Wildman–Crippen MR) is 55.5 cm³/mol. The first-order chi connectivity index (χ1) is 7.08. The van der Waals surface area contributed by atoms with Gasteiger partial charge < -0.3 is 10.4 Å². The lowest BCUT2D eigenvalue weighted by Gasteiger charge is -1.96. The van der Waals surface area contributed by atoms with Crippen LogP contribution in [0.15, 0.2) is 18.3 Å². The quantitative estimate of drug-likeness (QED) is 0.741. The van der Waals surface area contributed by atoms with Crippen LogP contribution in [0.2, 0.25) is 0 Å². The van der Waals surface area contributed by atoms with Crippen LogP contribution in [0.3, 0.4) is 0 Å². The summed E-state index contributed by atoms with van der Waals surface area (Å²) in [5, 5.41) is 11.6. The highest BCUT2D eigenvalue weighted by Crippen LogP contribution is 2.10. The fraction of sp³-hybridized carbons (Fsp3) is 0.222. The molecule has 5 nitrogen and oxygen atoms in total. The van der Waals surface area contributed by atoms with Crippen molar-refractivity contribution in [2.24, 2.45) is 0 Å². The number of aromatic nitrogens is 1. The molecule has 0 saturated carbocycles. The van der Waals surface area contributed by atoms with Gasteiger partial charge in [-0.05, 0) is 6.92 Å². The topological polar surface area (TPSA) is 79.3 Å². The maximum atomic E-state index is 11.0. The second-order valence-corrected chi connectivity index (χ2v) is 4.07. The number of amides is 1. The van der Waals surface area contributed by atoms with Crippen LogP contribution in [0, 0.1) is 6.92 Å². The van der Waals surface area contributed by atoms with Crippen LogP contribution in [0.4, 0.5) is 0 Å². The second-order valence-electron chi connectivity index (χ2n) is 2.75. The first-order valence-electron chi connectivity index (χ1n) is 4.18. The summed E-state index contributed by atoms with van der Waals surface area (Å²) in [6.45, 7) is 2.24. The third-order valence-corrected chi connectivity index (χ3v) is 2.37. The molecule has 1 amide bonds. The summed E-state index contributed by atoms with van der Waals surface area (Å²) in [7, 11) is 0. The van der Waals surface area contributed by atoms with Gasteiger partial charge in [0.25, 0.3) is 0 Å². The Hall–Kier alpha value is -1.69. The number of aryl methyl sites for hydroxylation is 1. The molecule has 0 bridgehead atoms. The number of carboxylic acid groups (broad SMARTS) is 1. The molecule has 0 aliphatic heterocycles. The number of carbonyl (C=O) groups is 2. The van der Waals surface area contributed by atoms with E-state index in [1.54, 1.807) is 6.20 Å². The summed E-state index contributed by atoms with van der Waals surface area (Å²) in [6, 6.07) is 0. The summed E-state index contributed by atoms with van der Waals surface area (Å²) in [5.41, 5.74) is 0. The van der Waals surface area contributed by atoms with Crippen molar-refractivity contribution in [2.45, 2.75) is 13.5 Å². The smallest absolute Gasteiger partial charge is 0.328 e. The fourth-order valence-corrected chi connectivity index (χ4v) is 1.58. The summed E-state index contributed by atoms with van der Waals surface area (Å²) >= 11 is 1.49. The lowest BCUT2D eigenvalue weighted by atomic mass is 10.4. The number of nitrogens with one attached hydrogen (secondary N) is 1. The van der Waals surface area contributed by atoms with Crippen molar-refractivity contribution < 1.29 is 14.7 Å². The zero-order valence-corrected chi connectivity index (χ0v) is 8.87. The lowest BCUT2D eigenvalue weighted by Crippen LogP contribution is -2.20. The molecule has 0 spiro atoms. The van der Waals surface area contributed by atoms with Crippen LogP contribution in [0.1, 0.15) is 9.88 Å². The minimum Gasteiger partial charge on any atom is -0.478 e. The molecule has 6 heteroatoms. The van der Waals surface area contributed by atoms with E-state index < -0.39 is 11.9 Å². The molecule has 0 saturated heterocycles. The van der Waals surface area contributed by atoms with Gasteiger partial charge in [0.1, 0.15) is 5.01 Å². The van der Waals surface area contributed by atoms with Crippen LogP contribution < -0.4 is 5.32 Å². The number of aliphatic carboxylic acids is 1. The third kappa shape index (κ3) is 4.37. The van der Waals surface area contributed by atoms with Gasteiger partial charge in [-0.15, -0.1) is 11.3 Å². The van der Waals surface area contributed by atoms with Crippen LogP contribution in [-0.4, -0.2) is 22.0 Å². The molecule has 0 aliphatic carbocycles. The maximum absolute atomic E-state index is 11.0. The Labute approximate surface area is 90.5 Å². The lowest BCUT2D eigenvalue weighted by molar-refractivity contribution is -0.131. The van der Waals surface area contributed by atoms with Gasteiger partial charge in [-0.25, -0.2) is 9.78 Å². The standard InChI is InChI=1S/C9H10N2O3S/c1-6-4-11-8(15-6)5-10-7(12)2-3-9(13)14/h2-4H,5H2,1H3,(H,10,12)(H,13,14)/b3-2+. The van der Waals surface area contributed by atoms with Crippen molar-refractivity contribution in [1.29, 1.82) is 0 Å². The van der Waals surface area contributed by atoms with E-state index in [1.165, 1.54) is 11.3 Å². The van der Waals surface area contributed by atoms with E-state index in [4.69, 9.17) is 5.11 Å². The van der Waals surface area contributed by atoms with Gasteiger partial charge in [0.15, 0.2) is 0 Å². The number of rotatable bonds is 4. The summed E-state index contributed by atoms with van der Waals surface area (Å²) in [5.74, 6) is -1.58. The number of carboxylic acids is 1. The monoisotopic (exact) mass is 226 g/mol. The highest BCUT2D eigenvalue weighted by atomic mass is 32.1. The van der Waals surface area contributed by atoms with E-state index in [-0.39, 0.29) is 0 Å². The van der Waals surface area contributed by atoms with E-state index in [2.05, 4.69) is 10.3 Å². The highest BCUT2D eigenvalue weighted by Gasteiger charge is 2.00. The van der Waals surface area contributed by atoms with Crippen molar-refractivity contribution in [3.05, 3.63) is 28.2 Å². The van der Waals surface area contributed by atoms with Gasteiger partial charge in [-0.2, -0.15) is 0 Å². The minimum absolute atomic E-state index is 0.321. The van der Waals surface area contributed by atoms with Crippen molar-refractivity contribution in [3.63, 3.8) is 0 Å². The average molecular weight is 226 g/mol. The number of hydrogen-bond acceptors (Lipinski definition) is 4. The average Bonchev–Trinajstić information content (AvgIpc) is 2.58. The minimum atomic E-state index is -1.14. The second kappa shape index (κ2) is 5.26. The van der Waals surface area contributed by atoms with E-state index in [1.807, 2.05) is 6.92 Å². The summed E-state index contributed by atoms with van der Waals surface area (Å²) in [4.78, 5) is 26.3. The molecule has 1 aromatic heterocycles. The van der Waals surface area contributed by atoms with Crippen LogP contribution >= 0.6 is 11.3 Å². The summed E-state index contributed by atoms with van der Waals surface area (Å²) < 4.78 is 0. The van der Waals surface area contributed by atoms with Gasteiger partial charge in [-0.1, -0.05) is 0 Å². The molecule has 1 heterocycles. The van der Waals surface area contributed by atoms with Gasteiger partial charge in [0.05, 0.1) is 6.54 Å². The van der Waals surface area contributed by atoms with E-state index in [0.29, 0.717) is 6.54 Å².